The maximum atomic E-state index is 12.0. The van der Waals surface area contributed by atoms with E-state index in [1.165, 1.54) is 18.4 Å². The average molecular weight is 308 g/mol. The minimum absolute atomic E-state index is 0.00196. The van der Waals surface area contributed by atoms with Gasteiger partial charge < -0.3 is 0 Å². The SMILES string of the molecule is CCCCc1ccc(-c2ccc(C(=O)CC(=O)CC)cc2)cc1. The second-order valence-corrected chi connectivity index (χ2v) is 5.87. The third-order valence-electron chi connectivity index (χ3n) is 4.07. The number of benzene rings is 2. The molecule has 0 fully saturated rings. The van der Waals surface area contributed by atoms with Crippen LogP contribution in [-0.4, -0.2) is 11.6 Å². The maximum absolute atomic E-state index is 12.0. The molecule has 2 aromatic rings. The van der Waals surface area contributed by atoms with E-state index in [9.17, 15) is 9.59 Å². The molecule has 0 aliphatic rings. The molecule has 23 heavy (non-hydrogen) atoms. The molecular weight excluding hydrogens is 284 g/mol. The molecule has 0 spiro atoms. The number of hydrogen-bond acceptors (Lipinski definition) is 2. The zero-order valence-corrected chi connectivity index (χ0v) is 14.0. The lowest BCUT2D eigenvalue weighted by Crippen LogP contribution is -2.06. The van der Waals surface area contributed by atoms with E-state index >= 15 is 0 Å². The lowest BCUT2D eigenvalue weighted by molar-refractivity contribution is -0.117. The van der Waals surface area contributed by atoms with E-state index in [4.69, 9.17) is 0 Å². The summed E-state index contributed by atoms with van der Waals surface area (Å²) in [5, 5.41) is 0. The molecule has 0 aromatic heterocycles. The Kier molecular flexibility index (Phi) is 6.28. The quantitative estimate of drug-likeness (QED) is 0.493. The minimum atomic E-state index is -0.0988. The van der Waals surface area contributed by atoms with Gasteiger partial charge in [0, 0.05) is 12.0 Å². The first-order valence-corrected chi connectivity index (χ1v) is 8.38. The second kappa shape index (κ2) is 8.42. The molecule has 0 saturated carbocycles. The number of rotatable bonds is 8. The molecule has 2 nitrogen and oxygen atoms in total. The molecule has 0 radical (unpaired) electrons. The maximum Gasteiger partial charge on any atom is 0.170 e. The van der Waals surface area contributed by atoms with Gasteiger partial charge in [-0.2, -0.15) is 0 Å². The van der Waals surface area contributed by atoms with Crippen molar-refractivity contribution in [3.05, 3.63) is 59.7 Å². The highest BCUT2D eigenvalue weighted by Gasteiger charge is 2.10. The first-order chi connectivity index (χ1) is 11.1. The van der Waals surface area contributed by atoms with Gasteiger partial charge in [0.15, 0.2) is 5.78 Å². The first kappa shape index (κ1) is 17.1. The summed E-state index contributed by atoms with van der Waals surface area (Å²) in [5.41, 5.74) is 4.20. The fourth-order valence-corrected chi connectivity index (χ4v) is 2.50. The van der Waals surface area contributed by atoms with Crippen LogP contribution in [0.5, 0.6) is 0 Å². The number of unbranched alkanes of at least 4 members (excludes halogenated alkanes) is 1. The van der Waals surface area contributed by atoms with Crippen LogP contribution in [0.3, 0.4) is 0 Å². The standard InChI is InChI=1S/C21H24O2/c1-3-5-6-16-7-9-17(10-8-16)18-11-13-19(14-12-18)21(23)15-20(22)4-2/h7-14H,3-6,15H2,1-2H3. The number of carbonyl (C=O) groups is 2. The van der Waals surface area contributed by atoms with E-state index in [0.717, 1.165) is 17.5 Å². The molecule has 2 rings (SSSR count). The summed E-state index contributed by atoms with van der Waals surface area (Å²) in [6.45, 7) is 3.98. The van der Waals surface area contributed by atoms with Crippen molar-refractivity contribution in [3.8, 4) is 11.1 Å². The molecule has 0 atom stereocenters. The van der Waals surface area contributed by atoms with E-state index in [1.54, 1.807) is 6.92 Å². The highest BCUT2D eigenvalue weighted by Crippen LogP contribution is 2.21. The van der Waals surface area contributed by atoms with E-state index in [2.05, 4.69) is 31.2 Å². The predicted octanol–water partition coefficient (Wildman–Crippen LogP) is 5.25. The summed E-state index contributed by atoms with van der Waals surface area (Å²) in [6, 6.07) is 16.1. The topological polar surface area (TPSA) is 34.1 Å². The van der Waals surface area contributed by atoms with Crippen LogP contribution in [-0.2, 0) is 11.2 Å². The van der Waals surface area contributed by atoms with Crippen LogP contribution < -0.4 is 0 Å². The molecule has 0 amide bonds. The zero-order valence-electron chi connectivity index (χ0n) is 14.0. The van der Waals surface area contributed by atoms with Gasteiger partial charge in [-0.05, 0) is 29.5 Å². The van der Waals surface area contributed by atoms with Crippen LogP contribution in [0.2, 0.25) is 0 Å². The van der Waals surface area contributed by atoms with Crippen molar-refractivity contribution < 1.29 is 9.59 Å². The molecule has 0 aliphatic heterocycles. The van der Waals surface area contributed by atoms with Gasteiger partial charge in [0.1, 0.15) is 5.78 Å². The van der Waals surface area contributed by atoms with Crippen molar-refractivity contribution in [1.82, 2.24) is 0 Å². The summed E-state index contributed by atoms with van der Waals surface area (Å²) >= 11 is 0. The van der Waals surface area contributed by atoms with Crippen molar-refractivity contribution in [1.29, 1.82) is 0 Å². The number of Topliss-reactive ketones (excluding diaryl/α,β-unsaturated/α-hetero) is 2. The average Bonchev–Trinajstić information content (AvgIpc) is 2.60. The summed E-state index contributed by atoms with van der Waals surface area (Å²) < 4.78 is 0. The van der Waals surface area contributed by atoms with Crippen LogP contribution in [0.4, 0.5) is 0 Å². The van der Waals surface area contributed by atoms with Crippen molar-refractivity contribution in [3.63, 3.8) is 0 Å². The lowest BCUT2D eigenvalue weighted by Gasteiger charge is -2.06. The van der Waals surface area contributed by atoms with Crippen LogP contribution >= 0.6 is 0 Å². The Labute approximate surface area is 138 Å². The summed E-state index contributed by atoms with van der Waals surface area (Å²) in [5.74, 6) is -0.111. The van der Waals surface area contributed by atoms with E-state index in [1.807, 2.05) is 24.3 Å². The summed E-state index contributed by atoms with van der Waals surface area (Å²) in [7, 11) is 0. The molecule has 120 valence electrons. The Hall–Kier alpha value is -2.22. The highest BCUT2D eigenvalue weighted by molar-refractivity contribution is 6.08. The number of carbonyl (C=O) groups excluding carboxylic acids is 2. The Bertz CT molecular complexity index is 651. The molecule has 2 aromatic carbocycles. The van der Waals surface area contributed by atoms with E-state index in [0.29, 0.717) is 12.0 Å². The van der Waals surface area contributed by atoms with Crippen LogP contribution in [0.15, 0.2) is 48.5 Å². The van der Waals surface area contributed by atoms with Crippen molar-refractivity contribution in [2.75, 3.05) is 0 Å². The second-order valence-electron chi connectivity index (χ2n) is 5.87. The minimum Gasteiger partial charge on any atom is -0.299 e. The predicted molar refractivity (Wildman–Crippen MR) is 94.7 cm³/mol. The van der Waals surface area contributed by atoms with Gasteiger partial charge in [0.2, 0.25) is 0 Å². The largest absolute Gasteiger partial charge is 0.299 e. The molecule has 0 N–H and O–H groups in total. The fourth-order valence-electron chi connectivity index (χ4n) is 2.50. The third-order valence-corrected chi connectivity index (χ3v) is 4.07. The lowest BCUT2D eigenvalue weighted by atomic mass is 9.99. The van der Waals surface area contributed by atoms with Crippen LogP contribution in [0.25, 0.3) is 11.1 Å². The fraction of sp³-hybridized carbons (Fsp3) is 0.333. The first-order valence-electron chi connectivity index (χ1n) is 8.38. The number of hydrogen-bond donors (Lipinski definition) is 0. The Balaban J connectivity index is 2.07. The van der Waals surface area contributed by atoms with Gasteiger partial charge in [-0.1, -0.05) is 68.8 Å². The normalized spacial score (nSPS) is 10.5. The van der Waals surface area contributed by atoms with Gasteiger partial charge in [-0.3, -0.25) is 9.59 Å². The zero-order chi connectivity index (χ0) is 16.7. The highest BCUT2D eigenvalue weighted by atomic mass is 16.1. The van der Waals surface area contributed by atoms with E-state index < -0.39 is 0 Å². The van der Waals surface area contributed by atoms with Crippen molar-refractivity contribution >= 4 is 11.6 Å². The van der Waals surface area contributed by atoms with E-state index in [-0.39, 0.29) is 18.0 Å². The third kappa shape index (κ3) is 4.88. The van der Waals surface area contributed by atoms with Gasteiger partial charge in [0.25, 0.3) is 0 Å². The van der Waals surface area contributed by atoms with Crippen LogP contribution in [0.1, 0.15) is 55.5 Å². The van der Waals surface area contributed by atoms with Gasteiger partial charge in [0.05, 0.1) is 6.42 Å². The molecule has 0 unspecified atom stereocenters. The summed E-state index contributed by atoms with van der Waals surface area (Å²) in [6.07, 6.45) is 3.95. The smallest absolute Gasteiger partial charge is 0.170 e. The Morgan fingerprint density at radius 2 is 1.39 bits per heavy atom. The van der Waals surface area contributed by atoms with Gasteiger partial charge in [-0.15, -0.1) is 0 Å². The molecule has 0 heterocycles. The summed E-state index contributed by atoms with van der Waals surface area (Å²) in [4.78, 5) is 23.4. The molecule has 0 bridgehead atoms. The molecule has 2 heteroatoms. The van der Waals surface area contributed by atoms with Gasteiger partial charge in [-0.25, -0.2) is 0 Å². The molecule has 0 aliphatic carbocycles. The molecular formula is C21H24O2. The van der Waals surface area contributed by atoms with Gasteiger partial charge >= 0.3 is 0 Å². The van der Waals surface area contributed by atoms with Crippen molar-refractivity contribution in [2.24, 2.45) is 0 Å². The molecule has 0 saturated heterocycles. The van der Waals surface area contributed by atoms with Crippen molar-refractivity contribution in [2.45, 2.75) is 46.0 Å². The number of ketones is 2. The number of aryl methyl sites for hydroxylation is 1. The Morgan fingerprint density at radius 3 is 1.91 bits per heavy atom. The van der Waals surface area contributed by atoms with Crippen LogP contribution in [0, 0.1) is 0 Å². The Morgan fingerprint density at radius 1 is 0.826 bits per heavy atom. The monoisotopic (exact) mass is 308 g/mol.